The molecule has 0 saturated heterocycles. The van der Waals surface area contributed by atoms with E-state index < -0.39 is 0 Å². The van der Waals surface area contributed by atoms with E-state index in [-0.39, 0.29) is 12.5 Å². The summed E-state index contributed by atoms with van der Waals surface area (Å²) in [5.41, 5.74) is 8.57. The van der Waals surface area contributed by atoms with E-state index in [9.17, 15) is 4.79 Å². The minimum atomic E-state index is -0.0482. The number of aryl methyl sites for hydroxylation is 1. The second kappa shape index (κ2) is 6.08. The van der Waals surface area contributed by atoms with Crippen LogP contribution in [0, 0.1) is 6.92 Å². The van der Waals surface area contributed by atoms with Crippen molar-refractivity contribution in [2.45, 2.75) is 20.0 Å². The number of benzene rings is 1. The summed E-state index contributed by atoms with van der Waals surface area (Å²) in [5.74, 6) is 0.449. The van der Waals surface area contributed by atoms with Crippen LogP contribution in [0.5, 0.6) is 0 Å². The third-order valence-corrected chi connectivity index (χ3v) is 3.71. The molecule has 0 bridgehead atoms. The Bertz CT molecular complexity index is 855. The largest absolute Gasteiger partial charge is 0.384 e. The lowest BCUT2D eigenvalue weighted by atomic mass is 10.1. The fourth-order valence-electron chi connectivity index (χ4n) is 2.51. The lowest BCUT2D eigenvalue weighted by molar-refractivity contribution is -0.131. The molecular formula is C17H19N5O. The molecule has 2 N–H and O–H groups in total. The number of hydrogen-bond acceptors (Lipinski definition) is 4. The number of hydrogen-bond donors (Lipinski definition) is 1. The van der Waals surface area contributed by atoms with Crippen molar-refractivity contribution in [3.63, 3.8) is 0 Å². The van der Waals surface area contributed by atoms with Gasteiger partial charge in [-0.2, -0.15) is 5.10 Å². The average Bonchev–Trinajstić information content (AvgIpc) is 2.84. The number of nitrogen functional groups attached to an aromatic ring is 1. The molecule has 0 saturated carbocycles. The van der Waals surface area contributed by atoms with Gasteiger partial charge in [-0.25, -0.2) is 4.68 Å². The van der Waals surface area contributed by atoms with Crippen molar-refractivity contribution >= 4 is 22.6 Å². The fraction of sp³-hybridized carbons (Fsp3) is 0.235. The van der Waals surface area contributed by atoms with Gasteiger partial charge in [-0.05, 0) is 24.6 Å². The fourth-order valence-corrected chi connectivity index (χ4v) is 2.51. The number of rotatable bonds is 4. The number of aromatic nitrogens is 3. The number of pyridine rings is 1. The van der Waals surface area contributed by atoms with Crippen molar-refractivity contribution in [1.82, 2.24) is 19.7 Å². The van der Waals surface area contributed by atoms with Gasteiger partial charge in [0.2, 0.25) is 5.91 Å². The van der Waals surface area contributed by atoms with E-state index >= 15 is 0 Å². The Kier molecular flexibility index (Phi) is 3.97. The molecule has 0 aliphatic heterocycles. The van der Waals surface area contributed by atoms with E-state index in [1.807, 2.05) is 31.2 Å². The number of carbonyl (C=O) groups excluding carboxylic acids is 1. The number of carbonyl (C=O) groups is 1. The maximum atomic E-state index is 12.3. The van der Waals surface area contributed by atoms with Gasteiger partial charge in [-0.3, -0.25) is 9.78 Å². The number of anilines is 1. The van der Waals surface area contributed by atoms with Crippen LogP contribution in [0.4, 0.5) is 5.82 Å². The first-order valence-electron chi connectivity index (χ1n) is 7.40. The molecular weight excluding hydrogens is 290 g/mol. The number of fused-ring (bicyclic) bond motifs is 1. The zero-order chi connectivity index (χ0) is 16.4. The van der Waals surface area contributed by atoms with Gasteiger partial charge in [0.15, 0.2) is 0 Å². The predicted molar refractivity (Wildman–Crippen MR) is 89.6 cm³/mol. The Morgan fingerprint density at radius 1 is 1.30 bits per heavy atom. The standard InChI is InChI=1S/C17H19N5O/c1-12-7-16(18)22(20-12)11-17(23)21(2)10-13-8-14-5-3-4-6-15(14)19-9-13/h3-9H,10-11,18H2,1-2H3. The normalized spacial score (nSPS) is 10.9. The van der Waals surface area contributed by atoms with Gasteiger partial charge in [0.05, 0.1) is 11.2 Å². The van der Waals surface area contributed by atoms with Crippen molar-refractivity contribution in [3.05, 3.63) is 53.9 Å². The molecule has 0 fully saturated rings. The molecule has 23 heavy (non-hydrogen) atoms. The second-order valence-corrected chi connectivity index (χ2v) is 5.65. The Hall–Kier alpha value is -2.89. The van der Waals surface area contributed by atoms with Gasteiger partial charge in [-0.1, -0.05) is 18.2 Å². The highest BCUT2D eigenvalue weighted by Gasteiger charge is 2.13. The van der Waals surface area contributed by atoms with E-state index in [4.69, 9.17) is 5.73 Å². The molecule has 6 heteroatoms. The molecule has 0 aliphatic carbocycles. The average molecular weight is 309 g/mol. The minimum absolute atomic E-state index is 0.0482. The molecule has 2 heterocycles. The van der Waals surface area contributed by atoms with Gasteiger partial charge < -0.3 is 10.6 Å². The first-order valence-corrected chi connectivity index (χ1v) is 7.40. The highest BCUT2D eigenvalue weighted by Crippen LogP contribution is 2.14. The van der Waals surface area contributed by atoms with Crippen LogP contribution < -0.4 is 5.73 Å². The van der Waals surface area contributed by atoms with Crippen LogP contribution in [0.3, 0.4) is 0 Å². The molecule has 1 aromatic carbocycles. The molecule has 0 spiro atoms. The monoisotopic (exact) mass is 309 g/mol. The SMILES string of the molecule is Cc1cc(N)n(CC(=O)N(C)Cc2cnc3ccccc3c2)n1. The van der Waals surface area contributed by atoms with Gasteiger partial charge in [0.1, 0.15) is 12.4 Å². The Morgan fingerprint density at radius 3 is 2.83 bits per heavy atom. The third kappa shape index (κ3) is 3.31. The molecule has 6 nitrogen and oxygen atoms in total. The molecule has 3 rings (SSSR count). The lowest BCUT2D eigenvalue weighted by Crippen LogP contribution is -2.30. The first kappa shape index (κ1) is 15.0. The maximum absolute atomic E-state index is 12.3. The maximum Gasteiger partial charge on any atom is 0.244 e. The quantitative estimate of drug-likeness (QED) is 0.799. The number of para-hydroxylation sites is 1. The smallest absolute Gasteiger partial charge is 0.244 e. The molecule has 0 radical (unpaired) electrons. The van der Waals surface area contributed by atoms with Crippen LogP contribution in [0.15, 0.2) is 42.6 Å². The number of nitrogens with two attached hydrogens (primary N) is 1. The Balaban J connectivity index is 1.70. The summed E-state index contributed by atoms with van der Waals surface area (Å²) in [6, 6.07) is 11.7. The molecule has 2 aromatic heterocycles. The zero-order valence-corrected chi connectivity index (χ0v) is 13.2. The van der Waals surface area contributed by atoms with Crippen LogP contribution in [-0.2, 0) is 17.9 Å². The highest BCUT2D eigenvalue weighted by atomic mass is 16.2. The summed E-state index contributed by atoms with van der Waals surface area (Å²) in [6.45, 7) is 2.48. The summed E-state index contributed by atoms with van der Waals surface area (Å²) in [4.78, 5) is 18.4. The van der Waals surface area contributed by atoms with E-state index in [1.54, 1.807) is 24.2 Å². The van der Waals surface area contributed by atoms with Crippen molar-refractivity contribution in [2.24, 2.45) is 0 Å². The van der Waals surface area contributed by atoms with Crippen molar-refractivity contribution in [3.8, 4) is 0 Å². The molecule has 3 aromatic rings. The van der Waals surface area contributed by atoms with Crippen molar-refractivity contribution in [2.75, 3.05) is 12.8 Å². The lowest BCUT2D eigenvalue weighted by Gasteiger charge is -2.17. The molecule has 118 valence electrons. The van der Waals surface area contributed by atoms with E-state index in [2.05, 4.69) is 16.1 Å². The minimum Gasteiger partial charge on any atom is -0.384 e. The van der Waals surface area contributed by atoms with Crippen LogP contribution >= 0.6 is 0 Å². The van der Waals surface area contributed by atoms with Crippen LogP contribution in [0.1, 0.15) is 11.3 Å². The number of likely N-dealkylation sites (N-methyl/N-ethyl adjacent to an activating group) is 1. The van der Waals surface area contributed by atoms with Gasteiger partial charge >= 0.3 is 0 Å². The van der Waals surface area contributed by atoms with Crippen molar-refractivity contribution in [1.29, 1.82) is 0 Å². The summed E-state index contributed by atoms with van der Waals surface area (Å²) in [6.07, 6.45) is 1.80. The Morgan fingerprint density at radius 2 is 2.09 bits per heavy atom. The Labute approximate surface area is 134 Å². The number of nitrogens with zero attached hydrogens (tertiary/aromatic N) is 4. The second-order valence-electron chi connectivity index (χ2n) is 5.65. The summed E-state index contributed by atoms with van der Waals surface area (Å²) >= 11 is 0. The first-order chi connectivity index (χ1) is 11.0. The predicted octanol–water partition coefficient (Wildman–Crippen LogP) is 1.98. The van der Waals surface area contributed by atoms with Gasteiger partial charge in [0.25, 0.3) is 0 Å². The van der Waals surface area contributed by atoms with Gasteiger partial charge in [0, 0.05) is 31.2 Å². The van der Waals surface area contributed by atoms with Crippen LogP contribution in [0.2, 0.25) is 0 Å². The van der Waals surface area contributed by atoms with E-state index in [0.717, 1.165) is 22.2 Å². The molecule has 0 aliphatic rings. The van der Waals surface area contributed by atoms with Crippen molar-refractivity contribution < 1.29 is 4.79 Å². The van der Waals surface area contributed by atoms with Crippen LogP contribution in [0.25, 0.3) is 10.9 Å². The molecule has 1 amide bonds. The van der Waals surface area contributed by atoms with E-state index in [1.165, 1.54) is 4.68 Å². The van der Waals surface area contributed by atoms with Gasteiger partial charge in [-0.15, -0.1) is 0 Å². The zero-order valence-electron chi connectivity index (χ0n) is 13.2. The summed E-state index contributed by atoms with van der Waals surface area (Å²) in [5, 5.41) is 5.28. The third-order valence-electron chi connectivity index (χ3n) is 3.71. The number of amides is 1. The topological polar surface area (TPSA) is 77.0 Å². The van der Waals surface area contributed by atoms with E-state index in [0.29, 0.717) is 12.4 Å². The van der Waals surface area contributed by atoms with Crippen LogP contribution in [-0.4, -0.2) is 32.6 Å². The highest BCUT2D eigenvalue weighted by molar-refractivity contribution is 5.79. The molecule has 0 unspecified atom stereocenters. The molecule has 0 atom stereocenters. The summed E-state index contributed by atoms with van der Waals surface area (Å²) < 4.78 is 1.52. The summed E-state index contributed by atoms with van der Waals surface area (Å²) in [7, 11) is 1.77.